The predicted molar refractivity (Wildman–Crippen MR) is 127 cm³/mol. The number of rotatable bonds is 3. The van der Waals surface area contributed by atoms with Crippen LogP contribution in [0.1, 0.15) is 23.4 Å². The standard InChI is InChI=1S/C25H26N6O3/c32-24(28-12-14-29(15-13-28)25(33)21-8-4-16-34-21)18-5-2-10-30(17-18)23-20-7-3-11-31(20)19-6-1-9-26-22(19)27-23/h1,3-4,6-9,11,16,18H,2,5,10,12-15,17H2. The smallest absolute Gasteiger partial charge is 0.289 e. The van der Waals surface area contributed by atoms with Gasteiger partial charge in [0.15, 0.2) is 17.2 Å². The van der Waals surface area contributed by atoms with Gasteiger partial charge in [-0.25, -0.2) is 9.97 Å². The summed E-state index contributed by atoms with van der Waals surface area (Å²) in [6.45, 7) is 3.62. The SMILES string of the molecule is O=C(c1ccco1)N1CCN(C(=O)C2CCCN(c3nc4ncccc4n4cccc34)C2)CC1. The van der Waals surface area contributed by atoms with Crippen molar-refractivity contribution in [3.05, 3.63) is 60.8 Å². The maximum absolute atomic E-state index is 13.4. The second kappa shape index (κ2) is 8.48. The molecule has 1 atom stereocenters. The minimum Gasteiger partial charge on any atom is -0.459 e. The highest BCUT2D eigenvalue weighted by Crippen LogP contribution is 2.29. The van der Waals surface area contributed by atoms with E-state index in [-0.39, 0.29) is 17.7 Å². The second-order valence-corrected chi connectivity index (χ2v) is 8.92. The summed E-state index contributed by atoms with van der Waals surface area (Å²) < 4.78 is 7.35. The first kappa shape index (κ1) is 20.7. The molecular weight excluding hydrogens is 432 g/mol. The number of pyridine rings is 1. The minimum absolute atomic E-state index is 0.0858. The number of aromatic nitrogens is 3. The zero-order valence-electron chi connectivity index (χ0n) is 18.8. The lowest BCUT2D eigenvalue weighted by atomic mass is 9.96. The Morgan fingerprint density at radius 1 is 0.941 bits per heavy atom. The third-order valence-corrected chi connectivity index (χ3v) is 6.90. The Labute approximate surface area is 196 Å². The fourth-order valence-corrected chi connectivity index (χ4v) is 5.14. The van der Waals surface area contributed by atoms with Crippen molar-refractivity contribution in [1.82, 2.24) is 24.2 Å². The molecule has 0 N–H and O–H groups in total. The lowest BCUT2D eigenvalue weighted by molar-refractivity contribution is -0.137. The van der Waals surface area contributed by atoms with Crippen LogP contribution in [0.4, 0.5) is 5.82 Å². The molecule has 0 bridgehead atoms. The molecular formula is C25H26N6O3. The second-order valence-electron chi connectivity index (χ2n) is 8.92. The van der Waals surface area contributed by atoms with Crippen molar-refractivity contribution in [2.24, 2.45) is 5.92 Å². The molecule has 1 unspecified atom stereocenters. The molecule has 0 radical (unpaired) electrons. The molecule has 4 aromatic rings. The van der Waals surface area contributed by atoms with E-state index in [1.165, 1.54) is 6.26 Å². The van der Waals surface area contributed by atoms with Crippen molar-refractivity contribution in [3.63, 3.8) is 0 Å². The highest BCUT2D eigenvalue weighted by Gasteiger charge is 2.33. The largest absolute Gasteiger partial charge is 0.459 e. The number of anilines is 1. The maximum atomic E-state index is 13.4. The van der Waals surface area contributed by atoms with Gasteiger partial charge in [-0.1, -0.05) is 0 Å². The zero-order chi connectivity index (χ0) is 23.1. The van der Waals surface area contributed by atoms with Gasteiger partial charge in [0.05, 0.1) is 23.2 Å². The van der Waals surface area contributed by atoms with Crippen molar-refractivity contribution in [3.8, 4) is 0 Å². The van der Waals surface area contributed by atoms with E-state index in [2.05, 4.69) is 20.4 Å². The number of furan rings is 1. The number of nitrogens with zero attached hydrogens (tertiary/aromatic N) is 6. The number of carbonyl (C=O) groups excluding carboxylic acids is 2. The van der Waals surface area contributed by atoms with Crippen LogP contribution in [0.2, 0.25) is 0 Å². The van der Waals surface area contributed by atoms with Gasteiger partial charge in [-0.3, -0.25) is 9.59 Å². The molecule has 9 heteroatoms. The Balaban J connectivity index is 1.17. The van der Waals surface area contributed by atoms with E-state index < -0.39 is 0 Å². The van der Waals surface area contributed by atoms with Crippen LogP contribution in [-0.2, 0) is 4.79 Å². The molecule has 6 heterocycles. The van der Waals surface area contributed by atoms with E-state index >= 15 is 0 Å². The number of hydrogen-bond acceptors (Lipinski definition) is 6. The Kier molecular flexibility index (Phi) is 5.16. The van der Waals surface area contributed by atoms with Gasteiger partial charge in [0.25, 0.3) is 5.91 Å². The van der Waals surface area contributed by atoms with Crippen LogP contribution < -0.4 is 4.90 Å². The van der Waals surface area contributed by atoms with Crippen LogP contribution in [0.15, 0.2) is 59.5 Å². The molecule has 34 heavy (non-hydrogen) atoms. The summed E-state index contributed by atoms with van der Waals surface area (Å²) in [5.74, 6) is 1.19. The van der Waals surface area contributed by atoms with E-state index in [4.69, 9.17) is 9.40 Å². The number of amides is 2. The van der Waals surface area contributed by atoms with Gasteiger partial charge in [-0.15, -0.1) is 0 Å². The van der Waals surface area contributed by atoms with Gasteiger partial charge in [0.1, 0.15) is 0 Å². The predicted octanol–water partition coefficient (Wildman–Crippen LogP) is 2.68. The molecule has 0 spiro atoms. The Bertz CT molecular complexity index is 1340. The first-order valence-electron chi connectivity index (χ1n) is 11.8. The summed E-state index contributed by atoms with van der Waals surface area (Å²) >= 11 is 0. The molecule has 4 aromatic heterocycles. The Morgan fingerprint density at radius 2 is 1.76 bits per heavy atom. The highest BCUT2D eigenvalue weighted by atomic mass is 16.3. The van der Waals surface area contributed by atoms with Crippen molar-refractivity contribution < 1.29 is 14.0 Å². The molecule has 0 aliphatic carbocycles. The number of piperazine rings is 1. The topological polar surface area (TPSA) is 87.2 Å². The fourth-order valence-electron chi connectivity index (χ4n) is 5.14. The van der Waals surface area contributed by atoms with E-state index in [1.54, 1.807) is 23.2 Å². The normalized spacial score (nSPS) is 19.2. The first-order chi connectivity index (χ1) is 16.7. The van der Waals surface area contributed by atoms with Gasteiger partial charge in [-0.05, 0) is 49.2 Å². The Morgan fingerprint density at radius 3 is 2.59 bits per heavy atom. The number of fused-ring (bicyclic) bond motifs is 3. The number of carbonyl (C=O) groups is 2. The van der Waals surface area contributed by atoms with Crippen molar-refractivity contribution in [1.29, 1.82) is 0 Å². The third kappa shape index (κ3) is 3.57. The molecule has 6 rings (SSSR count). The molecule has 2 aliphatic heterocycles. The highest BCUT2D eigenvalue weighted by molar-refractivity contribution is 5.91. The molecule has 0 saturated carbocycles. The zero-order valence-corrected chi connectivity index (χ0v) is 18.8. The molecule has 2 aliphatic rings. The summed E-state index contributed by atoms with van der Waals surface area (Å²) in [5, 5.41) is 0. The molecule has 174 valence electrons. The van der Waals surface area contributed by atoms with Crippen LogP contribution in [0.25, 0.3) is 16.7 Å². The molecule has 2 saturated heterocycles. The van der Waals surface area contributed by atoms with Gasteiger partial charge < -0.3 is 23.5 Å². The summed E-state index contributed by atoms with van der Waals surface area (Å²) in [6, 6.07) is 11.4. The maximum Gasteiger partial charge on any atom is 0.289 e. The van der Waals surface area contributed by atoms with Crippen LogP contribution in [0.3, 0.4) is 0 Å². The third-order valence-electron chi connectivity index (χ3n) is 6.90. The number of piperidine rings is 1. The van der Waals surface area contributed by atoms with Crippen molar-refractivity contribution in [2.75, 3.05) is 44.2 Å². The van der Waals surface area contributed by atoms with Crippen LogP contribution >= 0.6 is 0 Å². The first-order valence-corrected chi connectivity index (χ1v) is 11.8. The molecule has 2 fully saturated rings. The summed E-state index contributed by atoms with van der Waals surface area (Å²) in [4.78, 5) is 41.2. The van der Waals surface area contributed by atoms with Crippen molar-refractivity contribution >= 4 is 34.3 Å². The van der Waals surface area contributed by atoms with Crippen molar-refractivity contribution in [2.45, 2.75) is 12.8 Å². The quantitative estimate of drug-likeness (QED) is 0.469. The van der Waals surface area contributed by atoms with Gasteiger partial charge in [0.2, 0.25) is 5.91 Å². The summed E-state index contributed by atoms with van der Waals surface area (Å²) in [5.41, 5.74) is 2.70. The van der Waals surface area contributed by atoms with Crippen LogP contribution in [-0.4, -0.2) is 75.3 Å². The molecule has 9 nitrogen and oxygen atoms in total. The van der Waals surface area contributed by atoms with E-state index in [0.717, 1.165) is 36.2 Å². The average Bonchev–Trinajstić information content (AvgIpc) is 3.61. The van der Waals surface area contributed by atoms with Crippen LogP contribution in [0.5, 0.6) is 0 Å². The van der Waals surface area contributed by atoms with E-state index in [0.29, 0.717) is 44.1 Å². The average molecular weight is 459 g/mol. The van der Waals surface area contributed by atoms with E-state index in [9.17, 15) is 9.59 Å². The lowest BCUT2D eigenvalue weighted by Crippen LogP contribution is -2.53. The lowest BCUT2D eigenvalue weighted by Gasteiger charge is -2.39. The fraction of sp³-hybridized carbons (Fsp3) is 0.360. The number of hydrogen-bond donors (Lipinski definition) is 0. The van der Waals surface area contributed by atoms with Gasteiger partial charge in [0, 0.05) is 51.7 Å². The van der Waals surface area contributed by atoms with Gasteiger partial charge in [-0.2, -0.15) is 0 Å². The molecule has 2 amide bonds. The summed E-state index contributed by atoms with van der Waals surface area (Å²) in [6.07, 6.45) is 7.09. The van der Waals surface area contributed by atoms with E-state index in [1.807, 2.05) is 29.3 Å². The minimum atomic E-state index is -0.117. The van der Waals surface area contributed by atoms with Crippen LogP contribution in [0, 0.1) is 5.92 Å². The van der Waals surface area contributed by atoms with Gasteiger partial charge >= 0.3 is 0 Å². The summed E-state index contributed by atoms with van der Waals surface area (Å²) in [7, 11) is 0. The Hall–Kier alpha value is -3.88. The molecule has 0 aromatic carbocycles. The monoisotopic (exact) mass is 458 g/mol.